The highest BCUT2D eigenvalue weighted by Crippen LogP contribution is 2.23. The first-order valence-electron chi connectivity index (χ1n) is 5.86. The van der Waals surface area contributed by atoms with E-state index >= 15 is 0 Å². The van der Waals surface area contributed by atoms with Gasteiger partial charge < -0.3 is 9.84 Å². The fraction of sp³-hybridized carbons (Fsp3) is 0.133. The number of hydrogen-bond acceptors (Lipinski definition) is 2. The first-order chi connectivity index (χ1) is 9.15. The van der Waals surface area contributed by atoms with Crippen molar-refractivity contribution in [3.63, 3.8) is 0 Å². The van der Waals surface area contributed by atoms with E-state index in [0.29, 0.717) is 5.75 Å². The van der Waals surface area contributed by atoms with Gasteiger partial charge in [0.15, 0.2) is 0 Å². The number of carbonyl (C=O) groups is 1. The maximum atomic E-state index is 13.1. The highest BCUT2D eigenvalue weighted by Gasteiger charge is 2.01. The van der Waals surface area contributed by atoms with Crippen molar-refractivity contribution in [2.75, 3.05) is 6.61 Å². The van der Waals surface area contributed by atoms with Crippen molar-refractivity contribution in [2.45, 2.75) is 6.42 Å². The molecule has 0 amide bonds. The molecule has 98 valence electrons. The van der Waals surface area contributed by atoms with E-state index in [2.05, 4.69) is 0 Å². The molecule has 0 bridgehead atoms. The molecular formula is C15H13FO3. The van der Waals surface area contributed by atoms with Crippen LogP contribution in [0.25, 0.3) is 11.1 Å². The van der Waals surface area contributed by atoms with Gasteiger partial charge in [-0.2, -0.15) is 0 Å². The number of benzene rings is 2. The van der Waals surface area contributed by atoms with Crippen molar-refractivity contribution >= 4 is 5.97 Å². The Morgan fingerprint density at radius 3 is 2.47 bits per heavy atom. The largest absolute Gasteiger partial charge is 0.493 e. The van der Waals surface area contributed by atoms with Gasteiger partial charge in [-0.05, 0) is 35.4 Å². The van der Waals surface area contributed by atoms with Crippen LogP contribution in [0.1, 0.15) is 6.42 Å². The van der Waals surface area contributed by atoms with Crippen molar-refractivity contribution in [3.05, 3.63) is 54.3 Å². The lowest BCUT2D eigenvalue weighted by Gasteiger charge is -2.06. The Bertz CT molecular complexity index is 564. The van der Waals surface area contributed by atoms with Crippen LogP contribution >= 0.6 is 0 Å². The van der Waals surface area contributed by atoms with Gasteiger partial charge in [-0.15, -0.1) is 0 Å². The van der Waals surface area contributed by atoms with Crippen molar-refractivity contribution < 1.29 is 19.0 Å². The molecule has 0 radical (unpaired) electrons. The molecule has 4 heteroatoms. The van der Waals surface area contributed by atoms with Gasteiger partial charge >= 0.3 is 5.97 Å². The number of ether oxygens (including phenoxy) is 1. The van der Waals surface area contributed by atoms with Crippen LogP contribution in [0.5, 0.6) is 5.75 Å². The zero-order valence-corrected chi connectivity index (χ0v) is 10.2. The third-order valence-electron chi connectivity index (χ3n) is 2.60. The number of aliphatic carboxylic acids is 1. The molecule has 0 aliphatic rings. The SMILES string of the molecule is O=C(O)CCOc1ccc(-c2cccc(F)c2)cc1. The molecule has 0 unspecified atom stereocenters. The average molecular weight is 260 g/mol. The molecule has 0 saturated heterocycles. The van der Waals surface area contributed by atoms with Crippen LogP contribution in [0.15, 0.2) is 48.5 Å². The summed E-state index contributed by atoms with van der Waals surface area (Å²) in [5.74, 6) is -0.572. The Balaban J connectivity index is 2.04. The second-order valence-corrected chi connectivity index (χ2v) is 4.03. The fourth-order valence-corrected chi connectivity index (χ4v) is 1.67. The van der Waals surface area contributed by atoms with E-state index in [-0.39, 0.29) is 18.8 Å². The lowest BCUT2D eigenvalue weighted by Crippen LogP contribution is -2.04. The second kappa shape index (κ2) is 6.00. The Labute approximate surface area is 110 Å². The summed E-state index contributed by atoms with van der Waals surface area (Å²) in [5, 5.41) is 8.49. The van der Waals surface area contributed by atoms with Crippen LogP contribution in [0.4, 0.5) is 4.39 Å². The zero-order valence-electron chi connectivity index (χ0n) is 10.2. The molecule has 19 heavy (non-hydrogen) atoms. The maximum Gasteiger partial charge on any atom is 0.306 e. The summed E-state index contributed by atoms with van der Waals surface area (Å²) in [7, 11) is 0. The van der Waals surface area contributed by atoms with Crippen LogP contribution in [-0.2, 0) is 4.79 Å². The van der Waals surface area contributed by atoms with Gasteiger partial charge in [0.05, 0.1) is 13.0 Å². The van der Waals surface area contributed by atoms with E-state index in [9.17, 15) is 9.18 Å². The minimum Gasteiger partial charge on any atom is -0.493 e. The second-order valence-electron chi connectivity index (χ2n) is 4.03. The van der Waals surface area contributed by atoms with Crippen LogP contribution < -0.4 is 4.74 Å². The van der Waals surface area contributed by atoms with Crippen LogP contribution in [0.3, 0.4) is 0 Å². The van der Waals surface area contributed by atoms with Crippen LogP contribution in [0.2, 0.25) is 0 Å². The number of rotatable bonds is 5. The lowest BCUT2D eigenvalue weighted by molar-refractivity contribution is -0.137. The Hall–Kier alpha value is -2.36. The van der Waals surface area contributed by atoms with Crippen molar-refractivity contribution in [2.24, 2.45) is 0 Å². The van der Waals surface area contributed by atoms with E-state index in [1.54, 1.807) is 18.2 Å². The third-order valence-corrected chi connectivity index (χ3v) is 2.60. The minimum absolute atomic E-state index is 0.0361. The smallest absolute Gasteiger partial charge is 0.306 e. The molecule has 0 saturated carbocycles. The number of carboxylic acid groups (broad SMARTS) is 1. The summed E-state index contributed by atoms with van der Waals surface area (Å²) < 4.78 is 18.4. The number of halogens is 1. The van der Waals surface area contributed by atoms with E-state index in [1.165, 1.54) is 12.1 Å². The average Bonchev–Trinajstić information content (AvgIpc) is 2.39. The zero-order chi connectivity index (χ0) is 13.7. The molecule has 1 N–H and O–H groups in total. The molecule has 0 heterocycles. The molecule has 0 aliphatic heterocycles. The molecule has 3 nitrogen and oxygen atoms in total. The highest BCUT2D eigenvalue weighted by atomic mass is 19.1. The minimum atomic E-state index is -0.892. The third kappa shape index (κ3) is 3.81. The molecular weight excluding hydrogens is 247 g/mol. The van der Waals surface area contributed by atoms with Crippen molar-refractivity contribution in [3.8, 4) is 16.9 Å². The standard InChI is InChI=1S/C15H13FO3/c16-13-3-1-2-12(10-13)11-4-6-14(7-5-11)19-9-8-15(17)18/h1-7,10H,8-9H2,(H,17,18). The first-order valence-corrected chi connectivity index (χ1v) is 5.86. The summed E-state index contributed by atoms with van der Waals surface area (Å²) in [6, 6.07) is 13.4. The summed E-state index contributed by atoms with van der Waals surface area (Å²) >= 11 is 0. The highest BCUT2D eigenvalue weighted by molar-refractivity contribution is 5.67. The molecule has 0 aromatic heterocycles. The maximum absolute atomic E-state index is 13.1. The van der Waals surface area contributed by atoms with E-state index in [1.807, 2.05) is 18.2 Å². The van der Waals surface area contributed by atoms with E-state index in [0.717, 1.165) is 11.1 Å². The fourth-order valence-electron chi connectivity index (χ4n) is 1.67. The monoisotopic (exact) mass is 260 g/mol. The van der Waals surface area contributed by atoms with Gasteiger partial charge in [0.1, 0.15) is 11.6 Å². The Morgan fingerprint density at radius 2 is 1.84 bits per heavy atom. The molecule has 2 aromatic carbocycles. The topological polar surface area (TPSA) is 46.5 Å². The Morgan fingerprint density at radius 1 is 1.11 bits per heavy atom. The predicted octanol–water partition coefficient (Wildman–Crippen LogP) is 3.35. The van der Waals surface area contributed by atoms with Gasteiger partial charge in [0.2, 0.25) is 0 Å². The molecule has 0 atom stereocenters. The number of hydrogen-bond donors (Lipinski definition) is 1. The first kappa shape index (κ1) is 13.1. The van der Waals surface area contributed by atoms with Crippen molar-refractivity contribution in [1.82, 2.24) is 0 Å². The van der Waals surface area contributed by atoms with Crippen molar-refractivity contribution in [1.29, 1.82) is 0 Å². The van der Waals surface area contributed by atoms with Gasteiger partial charge in [0.25, 0.3) is 0 Å². The van der Waals surface area contributed by atoms with Gasteiger partial charge in [-0.3, -0.25) is 4.79 Å². The van der Waals surface area contributed by atoms with Gasteiger partial charge in [-0.25, -0.2) is 4.39 Å². The molecule has 0 spiro atoms. The summed E-state index contributed by atoms with van der Waals surface area (Å²) in [5.41, 5.74) is 1.67. The molecule has 2 aromatic rings. The van der Waals surface area contributed by atoms with E-state index < -0.39 is 5.97 Å². The Kier molecular flexibility index (Phi) is 4.13. The summed E-state index contributed by atoms with van der Waals surface area (Å²) in [4.78, 5) is 10.3. The van der Waals surface area contributed by atoms with Gasteiger partial charge in [0, 0.05) is 0 Å². The lowest BCUT2D eigenvalue weighted by atomic mass is 10.1. The van der Waals surface area contributed by atoms with E-state index in [4.69, 9.17) is 9.84 Å². The van der Waals surface area contributed by atoms with Gasteiger partial charge in [-0.1, -0.05) is 24.3 Å². The number of carboxylic acids is 1. The quantitative estimate of drug-likeness (QED) is 0.896. The predicted molar refractivity (Wildman–Crippen MR) is 69.6 cm³/mol. The summed E-state index contributed by atoms with van der Waals surface area (Å²) in [6.07, 6.45) is -0.0361. The van der Waals surface area contributed by atoms with Crippen LogP contribution in [0, 0.1) is 5.82 Å². The molecule has 0 aliphatic carbocycles. The van der Waals surface area contributed by atoms with Crippen LogP contribution in [-0.4, -0.2) is 17.7 Å². The molecule has 0 fully saturated rings. The normalized spacial score (nSPS) is 10.2. The molecule has 2 rings (SSSR count). The summed E-state index contributed by atoms with van der Waals surface area (Å²) in [6.45, 7) is 0.134.